The van der Waals surface area contributed by atoms with Crippen molar-refractivity contribution in [1.82, 2.24) is 0 Å². The maximum Gasteiger partial charge on any atom is 0.235 e. The van der Waals surface area contributed by atoms with Gasteiger partial charge in [-0.15, -0.1) is 0 Å². The average Bonchev–Trinajstić information content (AvgIpc) is 2.31. The molecule has 3 nitrogen and oxygen atoms in total. The van der Waals surface area contributed by atoms with Gasteiger partial charge in [-0.1, -0.05) is 15.9 Å². The van der Waals surface area contributed by atoms with Crippen LogP contribution in [0.15, 0.2) is 22.7 Å². The highest BCUT2D eigenvalue weighted by atomic mass is 79.9. The molecule has 4 heteroatoms. The Labute approximate surface area is 104 Å². The van der Waals surface area contributed by atoms with Gasteiger partial charge < -0.3 is 9.64 Å². The van der Waals surface area contributed by atoms with Crippen molar-refractivity contribution in [2.24, 2.45) is 5.41 Å². The number of amides is 1. The van der Waals surface area contributed by atoms with Crippen LogP contribution in [0.4, 0.5) is 5.69 Å². The van der Waals surface area contributed by atoms with Crippen molar-refractivity contribution in [2.75, 3.05) is 18.6 Å². The van der Waals surface area contributed by atoms with Gasteiger partial charge in [-0.25, -0.2) is 0 Å². The molecular weight excluding hydrogens is 270 g/mol. The first-order chi connectivity index (χ1) is 7.42. The molecule has 0 spiro atoms. The lowest BCUT2D eigenvalue weighted by Crippen LogP contribution is -2.39. The van der Waals surface area contributed by atoms with Crippen LogP contribution in [0, 0.1) is 5.41 Å². The van der Waals surface area contributed by atoms with E-state index in [1.54, 1.807) is 11.9 Å². The number of ether oxygens (including phenoxy) is 1. The second-order valence-corrected chi connectivity index (χ2v) is 5.56. The minimum Gasteiger partial charge on any atom is -0.490 e. The van der Waals surface area contributed by atoms with Gasteiger partial charge in [-0.2, -0.15) is 0 Å². The molecule has 0 saturated heterocycles. The van der Waals surface area contributed by atoms with Gasteiger partial charge in [0.25, 0.3) is 0 Å². The fraction of sp³-hybridized carbons (Fsp3) is 0.417. The first kappa shape index (κ1) is 11.5. The third kappa shape index (κ3) is 1.82. The maximum atomic E-state index is 12.2. The SMILES string of the molecule is CN1C(=O)C(C)(C)COc2ccc(Br)cc21. The molecule has 0 atom stereocenters. The summed E-state index contributed by atoms with van der Waals surface area (Å²) in [6, 6.07) is 5.69. The molecule has 16 heavy (non-hydrogen) atoms. The predicted octanol–water partition coefficient (Wildman–Crippen LogP) is 2.83. The Balaban J connectivity index is 2.51. The average molecular weight is 284 g/mol. The number of rotatable bonds is 0. The van der Waals surface area contributed by atoms with E-state index in [-0.39, 0.29) is 5.91 Å². The molecule has 0 aromatic heterocycles. The summed E-state index contributed by atoms with van der Waals surface area (Å²) in [7, 11) is 1.78. The standard InChI is InChI=1S/C12H14BrNO2/c1-12(2)7-16-10-5-4-8(13)6-9(10)14(3)11(12)15/h4-6H,7H2,1-3H3. The molecular formula is C12H14BrNO2. The van der Waals surface area contributed by atoms with Crippen LogP contribution in [0.2, 0.25) is 0 Å². The molecule has 0 bridgehead atoms. The molecule has 0 fully saturated rings. The van der Waals surface area contributed by atoms with Crippen LogP contribution in [0.5, 0.6) is 5.75 Å². The zero-order chi connectivity index (χ0) is 11.9. The molecule has 1 aliphatic rings. The Morgan fingerprint density at radius 1 is 1.44 bits per heavy atom. The van der Waals surface area contributed by atoms with Crippen LogP contribution in [0.3, 0.4) is 0 Å². The second kappa shape index (κ2) is 3.77. The van der Waals surface area contributed by atoms with Gasteiger partial charge in [0.2, 0.25) is 5.91 Å². The third-order valence-corrected chi connectivity index (χ3v) is 3.25. The third-order valence-electron chi connectivity index (χ3n) is 2.75. The van der Waals surface area contributed by atoms with Gasteiger partial charge >= 0.3 is 0 Å². The van der Waals surface area contributed by atoms with Crippen LogP contribution in [0.1, 0.15) is 13.8 Å². The van der Waals surface area contributed by atoms with E-state index in [0.29, 0.717) is 6.61 Å². The number of fused-ring (bicyclic) bond motifs is 1. The topological polar surface area (TPSA) is 29.5 Å². The normalized spacial score (nSPS) is 18.8. The van der Waals surface area contributed by atoms with Crippen molar-refractivity contribution in [1.29, 1.82) is 0 Å². The first-order valence-electron chi connectivity index (χ1n) is 5.12. The molecule has 1 amide bonds. The van der Waals surface area contributed by atoms with Gasteiger partial charge in [-0.05, 0) is 32.0 Å². The van der Waals surface area contributed by atoms with Crippen molar-refractivity contribution in [3.8, 4) is 5.75 Å². The number of halogens is 1. The fourth-order valence-corrected chi connectivity index (χ4v) is 2.11. The maximum absolute atomic E-state index is 12.2. The van der Waals surface area contributed by atoms with E-state index in [2.05, 4.69) is 15.9 Å². The number of hydrogen-bond donors (Lipinski definition) is 0. The molecule has 86 valence electrons. The number of benzene rings is 1. The predicted molar refractivity (Wildman–Crippen MR) is 66.8 cm³/mol. The number of anilines is 1. The number of nitrogens with zero attached hydrogens (tertiary/aromatic N) is 1. The number of hydrogen-bond acceptors (Lipinski definition) is 2. The molecule has 0 N–H and O–H groups in total. The Bertz CT molecular complexity index is 443. The van der Waals surface area contributed by atoms with E-state index in [1.165, 1.54) is 0 Å². The largest absolute Gasteiger partial charge is 0.490 e. The molecule has 1 heterocycles. The van der Waals surface area contributed by atoms with E-state index in [0.717, 1.165) is 15.9 Å². The van der Waals surface area contributed by atoms with E-state index in [1.807, 2.05) is 32.0 Å². The van der Waals surface area contributed by atoms with Crippen LogP contribution in [-0.2, 0) is 4.79 Å². The van der Waals surface area contributed by atoms with Crippen molar-refractivity contribution in [2.45, 2.75) is 13.8 Å². The molecule has 1 aromatic rings. The number of carbonyl (C=O) groups is 1. The van der Waals surface area contributed by atoms with E-state index in [4.69, 9.17) is 4.74 Å². The lowest BCUT2D eigenvalue weighted by Gasteiger charge is -2.24. The van der Waals surface area contributed by atoms with Crippen LogP contribution < -0.4 is 9.64 Å². The van der Waals surface area contributed by atoms with Gasteiger partial charge in [0.05, 0.1) is 11.1 Å². The van der Waals surface area contributed by atoms with Crippen LogP contribution >= 0.6 is 15.9 Å². The minimum absolute atomic E-state index is 0.0735. The molecule has 1 aliphatic heterocycles. The highest BCUT2D eigenvalue weighted by Crippen LogP contribution is 2.37. The Hall–Kier alpha value is -1.03. The van der Waals surface area contributed by atoms with Crippen LogP contribution in [-0.4, -0.2) is 19.6 Å². The summed E-state index contributed by atoms with van der Waals surface area (Å²) in [6.45, 7) is 4.20. The van der Waals surface area contributed by atoms with Gasteiger partial charge in [0.15, 0.2) is 0 Å². The van der Waals surface area contributed by atoms with Crippen molar-refractivity contribution < 1.29 is 9.53 Å². The Morgan fingerprint density at radius 3 is 2.81 bits per heavy atom. The summed E-state index contributed by atoms with van der Waals surface area (Å²) >= 11 is 3.40. The van der Waals surface area contributed by atoms with Gasteiger partial charge in [0, 0.05) is 11.5 Å². The summed E-state index contributed by atoms with van der Waals surface area (Å²) < 4.78 is 6.62. The smallest absolute Gasteiger partial charge is 0.235 e. The van der Waals surface area contributed by atoms with E-state index in [9.17, 15) is 4.79 Å². The summed E-state index contributed by atoms with van der Waals surface area (Å²) in [6.07, 6.45) is 0. The molecule has 0 radical (unpaired) electrons. The summed E-state index contributed by atoms with van der Waals surface area (Å²) in [5, 5.41) is 0. The zero-order valence-electron chi connectivity index (χ0n) is 9.58. The van der Waals surface area contributed by atoms with E-state index < -0.39 is 5.41 Å². The number of carbonyl (C=O) groups excluding carboxylic acids is 1. The Kier molecular flexibility index (Phi) is 2.70. The van der Waals surface area contributed by atoms with Crippen molar-refractivity contribution >= 4 is 27.5 Å². The van der Waals surface area contributed by atoms with Gasteiger partial charge in [-0.3, -0.25) is 4.79 Å². The molecule has 0 aliphatic carbocycles. The summed E-state index contributed by atoms with van der Waals surface area (Å²) in [5.41, 5.74) is 0.324. The fourth-order valence-electron chi connectivity index (χ4n) is 1.76. The monoisotopic (exact) mass is 283 g/mol. The van der Waals surface area contributed by atoms with Crippen molar-refractivity contribution in [3.63, 3.8) is 0 Å². The minimum atomic E-state index is -0.486. The molecule has 1 aromatic carbocycles. The Morgan fingerprint density at radius 2 is 2.12 bits per heavy atom. The van der Waals surface area contributed by atoms with E-state index >= 15 is 0 Å². The summed E-state index contributed by atoms with van der Waals surface area (Å²) in [5.74, 6) is 0.828. The summed E-state index contributed by atoms with van der Waals surface area (Å²) in [4.78, 5) is 13.8. The lowest BCUT2D eigenvalue weighted by molar-refractivity contribution is -0.127. The van der Waals surface area contributed by atoms with Crippen LogP contribution in [0.25, 0.3) is 0 Å². The quantitative estimate of drug-likeness (QED) is 0.733. The molecule has 2 rings (SSSR count). The molecule has 0 saturated carbocycles. The highest BCUT2D eigenvalue weighted by Gasteiger charge is 2.35. The molecule has 0 unspecified atom stereocenters. The second-order valence-electron chi connectivity index (χ2n) is 4.65. The first-order valence-corrected chi connectivity index (χ1v) is 5.91. The van der Waals surface area contributed by atoms with Gasteiger partial charge in [0.1, 0.15) is 12.4 Å². The van der Waals surface area contributed by atoms with Crippen molar-refractivity contribution in [3.05, 3.63) is 22.7 Å². The highest BCUT2D eigenvalue weighted by molar-refractivity contribution is 9.10. The zero-order valence-corrected chi connectivity index (χ0v) is 11.2. The lowest BCUT2D eigenvalue weighted by atomic mass is 9.93.